The zero-order valence-corrected chi connectivity index (χ0v) is 16.8. The van der Waals surface area contributed by atoms with Crippen LogP contribution >= 0.6 is 0 Å². The lowest BCUT2D eigenvalue weighted by atomic mass is 10.1. The average Bonchev–Trinajstić information content (AvgIpc) is 3.29. The van der Waals surface area contributed by atoms with Crippen molar-refractivity contribution >= 4 is 23.7 Å². The van der Waals surface area contributed by atoms with Crippen LogP contribution in [0.15, 0.2) is 95.4 Å². The maximum atomic E-state index is 13.2. The summed E-state index contributed by atoms with van der Waals surface area (Å²) >= 11 is 0. The van der Waals surface area contributed by atoms with Crippen LogP contribution in [-0.2, 0) is 6.18 Å². The number of furan rings is 1. The summed E-state index contributed by atoms with van der Waals surface area (Å²) in [7, 11) is 0. The first-order valence-electron chi connectivity index (χ1n) is 9.81. The van der Waals surface area contributed by atoms with E-state index in [-0.39, 0.29) is 17.1 Å². The normalized spacial score (nSPS) is 11.6. The van der Waals surface area contributed by atoms with E-state index < -0.39 is 17.6 Å². The summed E-state index contributed by atoms with van der Waals surface area (Å²) in [6, 6.07) is 24.8. The Bertz CT molecular complexity index is 1240. The molecule has 0 atom stereocenters. The van der Waals surface area contributed by atoms with Crippen molar-refractivity contribution in [1.82, 2.24) is 0 Å². The predicted molar refractivity (Wildman–Crippen MR) is 119 cm³/mol. The van der Waals surface area contributed by atoms with E-state index in [0.717, 1.165) is 17.2 Å². The van der Waals surface area contributed by atoms with Crippen molar-refractivity contribution < 1.29 is 22.4 Å². The van der Waals surface area contributed by atoms with Crippen molar-refractivity contribution in [2.24, 2.45) is 0 Å². The standard InChI is InChI=1S/C26H18F3NO2/c27-26(28,29)22-9-5-4-8-21(22)23-16-17-24(32-23)25(31)30-20-14-12-19(13-15-20)11-10-18-6-2-1-3-7-18/h1-17H,(H,30,31). The minimum atomic E-state index is -4.53. The van der Waals surface area contributed by atoms with Crippen LogP contribution in [0, 0.1) is 0 Å². The molecule has 1 amide bonds. The third-order valence-corrected chi connectivity index (χ3v) is 4.76. The van der Waals surface area contributed by atoms with Crippen LogP contribution in [0.25, 0.3) is 23.5 Å². The number of hydrogen-bond donors (Lipinski definition) is 1. The van der Waals surface area contributed by atoms with Gasteiger partial charge in [0.15, 0.2) is 5.76 Å². The molecule has 0 bridgehead atoms. The fourth-order valence-electron chi connectivity index (χ4n) is 3.18. The molecule has 0 radical (unpaired) electrons. The molecule has 3 aromatic carbocycles. The molecule has 0 spiro atoms. The van der Waals surface area contributed by atoms with E-state index in [1.54, 1.807) is 12.1 Å². The van der Waals surface area contributed by atoms with E-state index in [1.807, 2.05) is 54.6 Å². The number of nitrogens with one attached hydrogen (secondary N) is 1. The Hall–Kier alpha value is -4.06. The number of rotatable bonds is 5. The molecule has 0 aliphatic rings. The molecule has 32 heavy (non-hydrogen) atoms. The van der Waals surface area contributed by atoms with E-state index in [4.69, 9.17) is 4.42 Å². The van der Waals surface area contributed by atoms with Gasteiger partial charge in [-0.3, -0.25) is 4.79 Å². The first kappa shape index (κ1) is 21.2. The van der Waals surface area contributed by atoms with Crippen LogP contribution in [0.4, 0.5) is 18.9 Å². The van der Waals surface area contributed by atoms with E-state index in [0.29, 0.717) is 5.69 Å². The fourth-order valence-corrected chi connectivity index (χ4v) is 3.18. The average molecular weight is 433 g/mol. The van der Waals surface area contributed by atoms with Gasteiger partial charge in [0.2, 0.25) is 0 Å². The molecular weight excluding hydrogens is 415 g/mol. The van der Waals surface area contributed by atoms with Crippen LogP contribution in [0.1, 0.15) is 27.2 Å². The third-order valence-electron chi connectivity index (χ3n) is 4.76. The molecule has 4 aromatic rings. The minimum Gasteiger partial charge on any atom is -0.451 e. The molecule has 0 fully saturated rings. The molecule has 0 unspecified atom stereocenters. The van der Waals surface area contributed by atoms with Gasteiger partial charge in [-0.2, -0.15) is 13.2 Å². The number of amides is 1. The highest BCUT2D eigenvalue weighted by atomic mass is 19.4. The number of carbonyl (C=O) groups is 1. The number of halogens is 3. The van der Waals surface area contributed by atoms with Crippen LogP contribution in [0.2, 0.25) is 0 Å². The topological polar surface area (TPSA) is 42.2 Å². The summed E-state index contributed by atoms with van der Waals surface area (Å²) in [5, 5.41) is 2.69. The maximum Gasteiger partial charge on any atom is 0.417 e. The smallest absolute Gasteiger partial charge is 0.417 e. The Morgan fingerprint density at radius 3 is 2.06 bits per heavy atom. The van der Waals surface area contributed by atoms with Crippen LogP contribution in [0.5, 0.6) is 0 Å². The fraction of sp³-hybridized carbons (Fsp3) is 0.0385. The molecule has 1 aromatic heterocycles. The molecule has 1 heterocycles. The van der Waals surface area contributed by atoms with Crippen molar-refractivity contribution in [2.75, 3.05) is 5.32 Å². The second kappa shape index (κ2) is 8.98. The molecule has 0 aliphatic heterocycles. The first-order chi connectivity index (χ1) is 15.4. The summed E-state index contributed by atoms with van der Waals surface area (Å²) in [5.41, 5.74) is 1.64. The SMILES string of the molecule is O=C(Nc1ccc(C=Cc2ccccc2)cc1)c1ccc(-c2ccccc2C(F)(F)F)o1. The van der Waals surface area contributed by atoms with Crippen LogP contribution in [0.3, 0.4) is 0 Å². The number of benzene rings is 3. The molecule has 1 N–H and O–H groups in total. The van der Waals surface area contributed by atoms with Gasteiger partial charge < -0.3 is 9.73 Å². The van der Waals surface area contributed by atoms with Crippen molar-refractivity contribution in [2.45, 2.75) is 6.18 Å². The number of carbonyl (C=O) groups excluding carboxylic acids is 1. The molecule has 0 aliphatic carbocycles. The lowest BCUT2D eigenvalue weighted by Crippen LogP contribution is -2.10. The van der Waals surface area contributed by atoms with Gasteiger partial charge in [0.1, 0.15) is 5.76 Å². The molecule has 6 heteroatoms. The third kappa shape index (κ3) is 4.98. The Balaban J connectivity index is 1.46. The predicted octanol–water partition coefficient (Wildman–Crippen LogP) is 7.39. The Labute approximate surface area is 182 Å². The molecule has 0 saturated carbocycles. The van der Waals surface area contributed by atoms with Gasteiger partial charge in [0.25, 0.3) is 5.91 Å². The van der Waals surface area contributed by atoms with Gasteiger partial charge in [-0.25, -0.2) is 0 Å². The van der Waals surface area contributed by atoms with Crippen LogP contribution < -0.4 is 5.32 Å². The van der Waals surface area contributed by atoms with E-state index in [1.165, 1.54) is 30.3 Å². The molecule has 3 nitrogen and oxygen atoms in total. The number of hydrogen-bond acceptors (Lipinski definition) is 2. The summed E-state index contributed by atoms with van der Waals surface area (Å²) < 4.78 is 45.2. The number of alkyl halides is 3. The van der Waals surface area contributed by atoms with Crippen molar-refractivity contribution in [3.63, 3.8) is 0 Å². The Morgan fingerprint density at radius 1 is 0.750 bits per heavy atom. The van der Waals surface area contributed by atoms with E-state index in [2.05, 4.69) is 5.32 Å². The van der Waals surface area contributed by atoms with E-state index in [9.17, 15) is 18.0 Å². The molecule has 160 valence electrons. The van der Waals surface area contributed by atoms with Gasteiger partial charge in [-0.05, 0) is 41.5 Å². The van der Waals surface area contributed by atoms with Crippen molar-refractivity contribution in [3.8, 4) is 11.3 Å². The van der Waals surface area contributed by atoms with Crippen molar-refractivity contribution in [1.29, 1.82) is 0 Å². The van der Waals surface area contributed by atoms with Gasteiger partial charge >= 0.3 is 6.18 Å². The second-order valence-corrected chi connectivity index (χ2v) is 7.03. The first-order valence-corrected chi connectivity index (χ1v) is 9.81. The largest absolute Gasteiger partial charge is 0.451 e. The molecular formula is C26H18F3NO2. The molecule has 0 saturated heterocycles. The highest BCUT2D eigenvalue weighted by molar-refractivity contribution is 6.02. The van der Waals surface area contributed by atoms with Gasteiger partial charge in [-0.1, -0.05) is 72.8 Å². The minimum absolute atomic E-state index is 0.0236. The highest BCUT2D eigenvalue weighted by Crippen LogP contribution is 2.37. The van der Waals surface area contributed by atoms with Gasteiger partial charge in [0, 0.05) is 11.3 Å². The van der Waals surface area contributed by atoms with Crippen LogP contribution in [-0.4, -0.2) is 5.91 Å². The summed E-state index contributed by atoms with van der Waals surface area (Å²) in [4.78, 5) is 12.5. The second-order valence-electron chi connectivity index (χ2n) is 7.03. The lowest BCUT2D eigenvalue weighted by Gasteiger charge is -2.10. The number of anilines is 1. The summed E-state index contributed by atoms with van der Waals surface area (Å²) in [6.45, 7) is 0. The molecule has 4 rings (SSSR count). The quantitative estimate of drug-likeness (QED) is 0.334. The Morgan fingerprint density at radius 2 is 1.38 bits per heavy atom. The highest BCUT2D eigenvalue weighted by Gasteiger charge is 2.34. The van der Waals surface area contributed by atoms with Crippen molar-refractivity contribution in [3.05, 3.63) is 113 Å². The Kier molecular flexibility index (Phi) is 5.94. The lowest BCUT2D eigenvalue weighted by molar-refractivity contribution is -0.137. The summed E-state index contributed by atoms with van der Waals surface area (Å²) in [6.07, 6.45) is -0.586. The van der Waals surface area contributed by atoms with Gasteiger partial charge in [-0.15, -0.1) is 0 Å². The zero-order chi connectivity index (χ0) is 22.6. The zero-order valence-electron chi connectivity index (χ0n) is 16.8. The van der Waals surface area contributed by atoms with Gasteiger partial charge in [0.05, 0.1) is 5.56 Å². The van der Waals surface area contributed by atoms with E-state index >= 15 is 0 Å². The monoisotopic (exact) mass is 433 g/mol. The summed E-state index contributed by atoms with van der Waals surface area (Å²) in [5.74, 6) is -0.650. The maximum absolute atomic E-state index is 13.2.